The van der Waals surface area contributed by atoms with E-state index in [9.17, 15) is 14.3 Å². The van der Waals surface area contributed by atoms with Crippen molar-refractivity contribution in [2.24, 2.45) is 0 Å². The molecule has 1 N–H and O–H groups in total. The highest BCUT2D eigenvalue weighted by Gasteiger charge is 2.48. The fourth-order valence-electron chi connectivity index (χ4n) is 5.40. The van der Waals surface area contributed by atoms with Gasteiger partial charge in [-0.2, -0.15) is 0 Å². The lowest BCUT2D eigenvalue weighted by molar-refractivity contribution is -0.181. The molecule has 0 bridgehead atoms. The molecule has 7 rings (SSSR count). The van der Waals surface area contributed by atoms with Crippen molar-refractivity contribution in [2.45, 2.75) is 43.5 Å². The number of halogens is 3. The molecule has 1 unspecified atom stereocenters. The Hall–Kier alpha value is -2.76. The van der Waals surface area contributed by atoms with Crippen molar-refractivity contribution in [2.75, 3.05) is 24.6 Å². The lowest BCUT2D eigenvalue weighted by atomic mass is 9.99. The molecule has 4 heterocycles. The van der Waals surface area contributed by atoms with Crippen molar-refractivity contribution in [3.63, 3.8) is 0 Å². The van der Waals surface area contributed by atoms with E-state index in [1.54, 1.807) is 18.2 Å². The van der Waals surface area contributed by atoms with Gasteiger partial charge >= 0.3 is 5.97 Å². The molecule has 202 valence electrons. The van der Waals surface area contributed by atoms with Gasteiger partial charge in [-0.05, 0) is 37.1 Å². The fourth-order valence-corrected chi connectivity index (χ4v) is 7.05. The van der Waals surface area contributed by atoms with Crippen LogP contribution in [0.4, 0.5) is 9.52 Å². The number of rotatable bonds is 5. The lowest BCUT2D eigenvalue weighted by Gasteiger charge is -2.37. The summed E-state index contributed by atoms with van der Waals surface area (Å²) in [6, 6.07) is 7.80. The summed E-state index contributed by atoms with van der Waals surface area (Å²) in [5.41, 5.74) is 2.15. The molecule has 2 aromatic carbocycles. The maximum atomic E-state index is 14.5. The van der Waals surface area contributed by atoms with Gasteiger partial charge in [-0.15, -0.1) is 0 Å². The van der Waals surface area contributed by atoms with Crippen LogP contribution in [-0.4, -0.2) is 46.7 Å². The molecule has 39 heavy (non-hydrogen) atoms. The zero-order valence-corrected chi connectivity index (χ0v) is 22.8. The van der Waals surface area contributed by atoms with Crippen molar-refractivity contribution in [1.29, 1.82) is 0 Å². The topological polar surface area (TPSA) is 97.9 Å². The molecule has 1 atom stereocenters. The van der Waals surface area contributed by atoms with Crippen molar-refractivity contribution < 1.29 is 28.3 Å². The van der Waals surface area contributed by atoms with E-state index in [2.05, 4.69) is 15.0 Å². The molecule has 3 fully saturated rings. The van der Waals surface area contributed by atoms with Crippen LogP contribution in [0, 0.1) is 5.82 Å². The van der Waals surface area contributed by atoms with Crippen LogP contribution in [0.1, 0.15) is 59.4 Å². The minimum Gasteiger partial charge on any atom is -0.478 e. The minimum atomic E-state index is -1.17. The number of carboxylic acid groups (broad SMARTS) is 1. The number of ether oxygens (including phenoxy) is 2. The number of fused-ring (bicyclic) bond motifs is 1. The molecule has 2 aliphatic heterocycles. The van der Waals surface area contributed by atoms with Crippen LogP contribution in [0.5, 0.6) is 0 Å². The molecule has 1 aliphatic carbocycles. The molecule has 3 aliphatic rings. The summed E-state index contributed by atoms with van der Waals surface area (Å²) in [6.07, 6.45) is 2.83. The van der Waals surface area contributed by atoms with E-state index in [4.69, 9.17) is 37.2 Å². The first kappa shape index (κ1) is 25.2. The van der Waals surface area contributed by atoms with Crippen LogP contribution in [0.3, 0.4) is 0 Å². The van der Waals surface area contributed by atoms with Gasteiger partial charge in [0.1, 0.15) is 23.1 Å². The van der Waals surface area contributed by atoms with Gasteiger partial charge in [-0.25, -0.2) is 14.2 Å². The first-order chi connectivity index (χ1) is 18.8. The standard InChI is InChI=1S/C27H22Cl2FN3O5S/c28-15-2-1-3-16(29)20(15)23-21(24(38-32-23)13-4-5-13)18-12-36-27(37-18)6-8-33(9-7-27)26-31-22-17(30)10-14(25(34)35)11-19(22)39-26/h1-3,10-11,13,18H,4-9,12H2,(H,34,35). The summed E-state index contributed by atoms with van der Waals surface area (Å²) in [4.78, 5) is 17.8. The quantitative estimate of drug-likeness (QED) is 0.264. The van der Waals surface area contributed by atoms with E-state index < -0.39 is 17.6 Å². The first-order valence-electron chi connectivity index (χ1n) is 12.7. The minimum absolute atomic E-state index is 0.0941. The number of piperidine rings is 1. The summed E-state index contributed by atoms with van der Waals surface area (Å²) < 4.78 is 33.7. The van der Waals surface area contributed by atoms with Crippen LogP contribution in [-0.2, 0) is 9.47 Å². The number of thiazole rings is 1. The zero-order valence-electron chi connectivity index (χ0n) is 20.5. The van der Waals surface area contributed by atoms with Gasteiger partial charge < -0.3 is 24.0 Å². The Balaban J connectivity index is 1.12. The number of aromatic carboxylic acids is 1. The van der Waals surface area contributed by atoms with E-state index in [1.807, 2.05) is 0 Å². The molecule has 0 amide bonds. The maximum absolute atomic E-state index is 14.5. The average Bonchev–Trinajstić information content (AvgIpc) is 3.32. The normalized spacial score (nSPS) is 20.8. The van der Waals surface area contributed by atoms with E-state index in [1.165, 1.54) is 17.4 Å². The summed E-state index contributed by atoms with van der Waals surface area (Å²) in [5, 5.41) is 15.3. The highest BCUT2D eigenvalue weighted by atomic mass is 35.5. The van der Waals surface area contributed by atoms with Crippen LogP contribution >= 0.6 is 34.5 Å². The third-order valence-corrected chi connectivity index (χ3v) is 9.25. The van der Waals surface area contributed by atoms with Crippen molar-refractivity contribution in [3.8, 4) is 11.3 Å². The molecule has 8 nitrogen and oxygen atoms in total. The molecule has 2 aromatic heterocycles. The predicted octanol–water partition coefficient (Wildman–Crippen LogP) is 7.06. The van der Waals surface area contributed by atoms with Gasteiger partial charge in [0.05, 0.1) is 32.5 Å². The average molecular weight is 590 g/mol. The molecular weight excluding hydrogens is 568 g/mol. The number of benzene rings is 2. The Bertz CT molecular complexity index is 1590. The molecule has 4 aromatic rings. The highest BCUT2D eigenvalue weighted by Crippen LogP contribution is 2.51. The number of carboxylic acids is 1. The lowest BCUT2D eigenvalue weighted by Crippen LogP contribution is -2.45. The molecule has 0 radical (unpaired) electrons. The number of hydrogen-bond acceptors (Lipinski definition) is 8. The second-order valence-electron chi connectivity index (χ2n) is 10.1. The maximum Gasteiger partial charge on any atom is 0.335 e. The van der Waals surface area contributed by atoms with Gasteiger partial charge in [-0.1, -0.05) is 45.8 Å². The number of hydrogen-bond donors (Lipinski definition) is 1. The molecule has 1 saturated carbocycles. The second-order valence-corrected chi connectivity index (χ2v) is 11.9. The number of nitrogens with zero attached hydrogens (tertiary/aromatic N) is 3. The van der Waals surface area contributed by atoms with E-state index in [0.29, 0.717) is 69.6 Å². The van der Waals surface area contributed by atoms with Crippen LogP contribution in [0.15, 0.2) is 34.9 Å². The molecule has 1 spiro atoms. The van der Waals surface area contributed by atoms with Crippen molar-refractivity contribution >= 4 is 55.9 Å². The largest absolute Gasteiger partial charge is 0.478 e. The van der Waals surface area contributed by atoms with Crippen molar-refractivity contribution in [1.82, 2.24) is 10.1 Å². The van der Waals surface area contributed by atoms with Gasteiger partial charge in [0.2, 0.25) is 0 Å². The third-order valence-electron chi connectivity index (χ3n) is 7.56. The van der Waals surface area contributed by atoms with Gasteiger partial charge in [-0.3, -0.25) is 0 Å². The Morgan fingerprint density at radius 1 is 1.18 bits per heavy atom. The van der Waals surface area contributed by atoms with Crippen LogP contribution in [0.2, 0.25) is 10.0 Å². The molecule has 2 saturated heterocycles. The van der Waals surface area contributed by atoms with Crippen LogP contribution in [0.25, 0.3) is 21.5 Å². The Labute approximate surface area is 236 Å². The number of carbonyl (C=O) groups is 1. The highest BCUT2D eigenvalue weighted by molar-refractivity contribution is 7.22. The number of anilines is 1. The van der Waals surface area contributed by atoms with E-state index >= 15 is 0 Å². The number of aromatic nitrogens is 2. The Morgan fingerprint density at radius 3 is 2.62 bits per heavy atom. The van der Waals surface area contributed by atoms with Gasteiger partial charge in [0.25, 0.3) is 0 Å². The fraction of sp³-hybridized carbons (Fsp3) is 0.370. The SMILES string of the molecule is O=C(O)c1cc(F)c2nc(N3CCC4(CC3)OCC(c3c(-c5c(Cl)cccc5Cl)noc3C3CC3)O4)sc2c1. The van der Waals surface area contributed by atoms with Gasteiger partial charge in [0, 0.05) is 37.4 Å². The predicted molar refractivity (Wildman–Crippen MR) is 144 cm³/mol. The zero-order chi connectivity index (χ0) is 26.9. The van der Waals surface area contributed by atoms with E-state index in [-0.39, 0.29) is 17.2 Å². The monoisotopic (exact) mass is 589 g/mol. The van der Waals surface area contributed by atoms with E-state index in [0.717, 1.165) is 30.2 Å². The Kier molecular flexibility index (Phi) is 6.09. The van der Waals surface area contributed by atoms with Crippen LogP contribution < -0.4 is 4.90 Å². The van der Waals surface area contributed by atoms with Crippen molar-refractivity contribution in [3.05, 3.63) is 63.1 Å². The Morgan fingerprint density at radius 2 is 1.92 bits per heavy atom. The summed E-state index contributed by atoms with van der Waals surface area (Å²) >= 11 is 14.3. The molecular formula is C27H22Cl2FN3O5S. The summed E-state index contributed by atoms with van der Waals surface area (Å²) in [6.45, 7) is 1.52. The summed E-state index contributed by atoms with van der Waals surface area (Å²) in [5.74, 6) is -1.49. The van der Waals surface area contributed by atoms with Gasteiger partial charge in [0.15, 0.2) is 16.7 Å². The first-order valence-corrected chi connectivity index (χ1v) is 14.2. The summed E-state index contributed by atoms with van der Waals surface area (Å²) in [7, 11) is 0. The third kappa shape index (κ3) is 4.38. The smallest absolute Gasteiger partial charge is 0.335 e. The second kappa shape index (κ2) is 9.42. The molecule has 12 heteroatoms.